The van der Waals surface area contributed by atoms with Gasteiger partial charge in [0, 0.05) is 29.9 Å². The fourth-order valence-electron chi connectivity index (χ4n) is 4.96. The number of aliphatic imine (C=N–C) groups is 1. The molecule has 5 rings (SSSR count). The average molecular weight is 537 g/mol. The first-order valence-electron chi connectivity index (χ1n) is 12.6. The number of hydrogen-bond acceptors (Lipinski definition) is 6. The molecule has 2 heterocycles. The molecule has 0 radical (unpaired) electrons. The second-order valence-electron chi connectivity index (χ2n) is 9.69. The van der Waals surface area contributed by atoms with Crippen LogP contribution in [0.4, 0.5) is 15.8 Å². The Morgan fingerprint density at radius 3 is 2.63 bits per heavy atom. The largest absolute Gasteiger partial charge is 0.504 e. The van der Waals surface area contributed by atoms with Crippen LogP contribution >= 0.6 is 11.6 Å². The van der Waals surface area contributed by atoms with Gasteiger partial charge in [-0.05, 0) is 73.6 Å². The number of aromatic nitrogens is 2. The van der Waals surface area contributed by atoms with Gasteiger partial charge in [0.25, 0.3) is 0 Å². The van der Waals surface area contributed by atoms with Crippen LogP contribution < -0.4 is 16.8 Å². The quantitative estimate of drug-likeness (QED) is 0.126. The van der Waals surface area contributed by atoms with Gasteiger partial charge in [0.2, 0.25) is 0 Å². The molecule has 1 aliphatic rings. The summed E-state index contributed by atoms with van der Waals surface area (Å²) in [4.78, 5) is 4.43. The fraction of sp³-hybridized carbons (Fsp3) is 0.286. The third-order valence-electron chi connectivity index (χ3n) is 7.07. The molecular formula is C28H30ClFN6O2. The number of fused-ring (bicyclic) bond motifs is 1. The summed E-state index contributed by atoms with van der Waals surface area (Å²) >= 11 is 6.24. The topological polar surface area (TPSA) is 134 Å². The molecular weight excluding hydrogens is 507 g/mol. The van der Waals surface area contributed by atoms with Crippen LogP contribution in [-0.2, 0) is 6.42 Å². The Bertz CT molecular complexity index is 1530. The van der Waals surface area contributed by atoms with Crippen molar-refractivity contribution in [2.45, 2.75) is 51.1 Å². The molecule has 4 aromatic rings. The normalized spacial score (nSPS) is 18.2. The molecule has 0 unspecified atom stereocenters. The molecule has 0 saturated heterocycles. The van der Waals surface area contributed by atoms with Crippen molar-refractivity contribution < 1.29 is 14.6 Å². The Kier molecular flexibility index (Phi) is 7.14. The van der Waals surface area contributed by atoms with Crippen molar-refractivity contribution in [3.05, 3.63) is 70.8 Å². The van der Waals surface area contributed by atoms with Gasteiger partial charge in [-0.3, -0.25) is 0 Å². The Balaban J connectivity index is 1.65. The first-order chi connectivity index (χ1) is 18.2. The molecule has 2 aromatic carbocycles. The molecule has 1 fully saturated rings. The number of aryl methyl sites for hydroxylation is 1. The number of hydrogen-bond donors (Lipinski definition) is 5. The number of rotatable bonds is 6. The van der Waals surface area contributed by atoms with E-state index in [9.17, 15) is 14.6 Å². The molecule has 10 heteroatoms. The monoisotopic (exact) mass is 536 g/mol. The maximum Gasteiger partial charge on any atom is 0.158 e. The highest BCUT2D eigenvalue weighted by atomic mass is 35.5. The van der Waals surface area contributed by atoms with Crippen LogP contribution in [0.2, 0.25) is 5.02 Å². The number of nitrogens with zero attached hydrogens (tertiary/aromatic N) is 3. The highest BCUT2D eigenvalue weighted by molar-refractivity contribution is 6.33. The lowest BCUT2D eigenvalue weighted by molar-refractivity contribution is 0.403. The van der Waals surface area contributed by atoms with Crippen LogP contribution in [0.25, 0.3) is 16.6 Å². The van der Waals surface area contributed by atoms with E-state index in [0.29, 0.717) is 12.0 Å². The lowest BCUT2D eigenvalue weighted by atomic mass is 9.91. The molecule has 198 valence electrons. The van der Waals surface area contributed by atoms with Gasteiger partial charge in [0.15, 0.2) is 11.5 Å². The SMILES string of the molecule is CCc1cc(O)c(O)cc1-c1cc2c(NC3CCC(N)CC3)c(C(N)=Nc3cc(F)ccc3Cl)cnn2c1. The Morgan fingerprint density at radius 1 is 1.16 bits per heavy atom. The maximum atomic E-state index is 13.9. The van der Waals surface area contributed by atoms with E-state index in [1.165, 1.54) is 18.2 Å². The Labute approximate surface area is 224 Å². The van der Waals surface area contributed by atoms with E-state index < -0.39 is 5.82 Å². The minimum Gasteiger partial charge on any atom is -0.504 e. The predicted molar refractivity (Wildman–Crippen MR) is 149 cm³/mol. The van der Waals surface area contributed by atoms with Gasteiger partial charge < -0.3 is 27.0 Å². The third kappa shape index (κ3) is 5.12. The number of anilines is 1. The van der Waals surface area contributed by atoms with Gasteiger partial charge in [0.05, 0.1) is 33.7 Å². The van der Waals surface area contributed by atoms with Gasteiger partial charge in [-0.1, -0.05) is 18.5 Å². The van der Waals surface area contributed by atoms with Crippen molar-refractivity contribution in [2.75, 3.05) is 5.32 Å². The van der Waals surface area contributed by atoms with Crippen molar-refractivity contribution in [2.24, 2.45) is 16.5 Å². The van der Waals surface area contributed by atoms with Gasteiger partial charge >= 0.3 is 0 Å². The zero-order chi connectivity index (χ0) is 27.0. The number of phenols is 2. The fourth-order valence-corrected chi connectivity index (χ4v) is 5.12. The summed E-state index contributed by atoms with van der Waals surface area (Å²) < 4.78 is 15.6. The van der Waals surface area contributed by atoms with Crippen LogP contribution in [0.5, 0.6) is 11.5 Å². The Hall–Kier alpha value is -3.82. The molecule has 2 aromatic heterocycles. The molecule has 1 saturated carbocycles. The van der Waals surface area contributed by atoms with E-state index in [2.05, 4.69) is 15.4 Å². The summed E-state index contributed by atoms with van der Waals surface area (Å²) in [6.07, 6.45) is 7.78. The summed E-state index contributed by atoms with van der Waals surface area (Å²) in [6, 6.07) is 9.39. The molecule has 1 aliphatic carbocycles. The zero-order valence-corrected chi connectivity index (χ0v) is 21.7. The van der Waals surface area contributed by atoms with E-state index in [-0.39, 0.29) is 40.1 Å². The molecule has 0 bridgehead atoms. The molecule has 0 atom stereocenters. The summed E-state index contributed by atoms with van der Waals surface area (Å²) in [5.41, 5.74) is 17.4. The second-order valence-corrected chi connectivity index (χ2v) is 10.1. The van der Waals surface area contributed by atoms with Crippen LogP contribution in [0.1, 0.15) is 43.7 Å². The summed E-state index contributed by atoms with van der Waals surface area (Å²) in [5.74, 6) is -0.678. The van der Waals surface area contributed by atoms with Gasteiger partial charge in [-0.15, -0.1) is 0 Å². The van der Waals surface area contributed by atoms with Crippen LogP contribution in [0, 0.1) is 5.82 Å². The van der Waals surface area contributed by atoms with Gasteiger partial charge in [-0.25, -0.2) is 13.9 Å². The van der Waals surface area contributed by atoms with E-state index in [1.54, 1.807) is 22.8 Å². The lowest BCUT2D eigenvalue weighted by Crippen LogP contribution is -2.33. The van der Waals surface area contributed by atoms with E-state index in [1.807, 2.05) is 19.2 Å². The first-order valence-corrected chi connectivity index (χ1v) is 13.0. The van der Waals surface area contributed by atoms with E-state index in [0.717, 1.165) is 53.6 Å². The molecule has 0 amide bonds. The minimum atomic E-state index is -0.466. The molecule has 0 spiro atoms. The van der Waals surface area contributed by atoms with Crippen molar-refractivity contribution in [3.8, 4) is 22.6 Å². The molecule has 7 N–H and O–H groups in total. The average Bonchev–Trinajstić information content (AvgIpc) is 3.33. The van der Waals surface area contributed by atoms with Gasteiger partial charge in [-0.2, -0.15) is 5.10 Å². The van der Waals surface area contributed by atoms with E-state index >= 15 is 0 Å². The summed E-state index contributed by atoms with van der Waals surface area (Å²) in [6.45, 7) is 1.98. The summed E-state index contributed by atoms with van der Waals surface area (Å²) in [7, 11) is 0. The highest BCUT2D eigenvalue weighted by Crippen LogP contribution is 2.37. The van der Waals surface area contributed by atoms with Crippen LogP contribution in [-0.4, -0.2) is 37.7 Å². The summed E-state index contributed by atoms with van der Waals surface area (Å²) in [5, 5.41) is 28.7. The number of phenolic OH excluding ortho intramolecular Hbond substituents is 2. The van der Waals surface area contributed by atoms with Gasteiger partial charge in [0.1, 0.15) is 11.7 Å². The molecule has 0 aliphatic heterocycles. The Morgan fingerprint density at radius 2 is 1.89 bits per heavy atom. The van der Waals surface area contributed by atoms with Crippen molar-refractivity contribution in [3.63, 3.8) is 0 Å². The molecule has 8 nitrogen and oxygen atoms in total. The van der Waals surface area contributed by atoms with E-state index in [4.69, 9.17) is 23.1 Å². The smallest absolute Gasteiger partial charge is 0.158 e. The minimum absolute atomic E-state index is 0.141. The zero-order valence-electron chi connectivity index (χ0n) is 21.0. The third-order valence-corrected chi connectivity index (χ3v) is 7.39. The predicted octanol–water partition coefficient (Wildman–Crippen LogP) is 5.49. The number of benzene rings is 2. The molecule has 38 heavy (non-hydrogen) atoms. The van der Waals surface area contributed by atoms with Crippen molar-refractivity contribution in [1.82, 2.24) is 9.61 Å². The second kappa shape index (κ2) is 10.5. The lowest BCUT2D eigenvalue weighted by Gasteiger charge is -2.28. The number of nitrogens with two attached hydrogens (primary N) is 2. The number of aromatic hydroxyl groups is 2. The van der Waals surface area contributed by atoms with Crippen LogP contribution in [0.15, 0.2) is 53.8 Å². The number of halogens is 2. The first kappa shape index (κ1) is 25.8. The maximum absolute atomic E-state index is 13.9. The van der Waals surface area contributed by atoms with Crippen molar-refractivity contribution in [1.29, 1.82) is 0 Å². The standard InChI is InChI=1S/C28H30ClFN6O2/c1-2-15-10-25(37)26(38)12-20(15)16-9-24-27(34-19-6-4-18(31)5-7-19)21(13-33-36(24)14-16)28(32)35-23-11-17(30)3-8-22(23)29/h3,8-14,18-19,34,37-38H,2,4-7,31H2,1H3,(H2,32,35). The van der Waals surface area contributed by atoms with Crippen LogP contribution in [0.3, 0.4) is 0 Å². The number of amidine groups is 1. The highest BCUT2D eigenvalue weighted by Gasteiger charge is 2.23. The van der Waals surface area contributed by atoms with Crippen molar-refractivity contribution >= 4 is 34.3 Å². The number of nitrogens with one attached hydrogen (secondary N) is 1.